The van der Waals surface area contributed by atoms with Crippen molar-refractivity contribution < 1.29 is 4.57 Å². The number of para-hydroxylation sites is 3. The van der Waals surface area contributed by atoms with Crippen molar-refractivity contribution in [2.45, 2.75) is 19.3 Å². The van der Waals surface area contributed by atoms with Crippen molar-refractivity contribution in [2.75, 3.05) is 4.90 Å². The summed E-state index contributed by atoms with van der Waals surface area (Å²) < 4.78 is 16.8. The second-order valence-electron chi connectivity index (χ2n) is 13.6. The largest absolute Gasteiger partial charge is 0.309 e. The van der Waals surface area contributed by atoms with Crippen molar-refractivity contribution in [1.29, 1.82) is 0 Å². The topological polar surface area (TPSA) is 20.3 Å². The van der Waals surface area contributed by atoms with Crippen molar-refractivity contribution in [3.05, 3.63) is 193 Å². The lowest BCUT2D eigenvalue weighted by Gasteiger charge is -2.45. The predicted octanol–water partition coefficient (Wildman–Crippen LogP) is 7.13. The van der Waals surface area contributed by atoms with Gasteiger partial charge in [0.2, 0.25) is 0 Å². The zero-order valence-electron chi connectivity index (χ0n) is 27.6. The van der Waals surface area contributed by atoms with Crippen LogP contribution in [0.25, 0.3) is 0 Å². The van der Waals surface area contributed by atoms with E-state index in [1.807, 2.05) is 0 Å². The van der Waals surface area contributed by atoms with Crippen LogP contribution in [0.5, 0.6) is 0 Å². The molecule has 0 N–H and O–H groups in total. The molecule has 0 aliphatic carbocycles. The molecule has 7 aromatic carbocycles. The molecule has 0 bridgehead atoms. The summed E-state index contributed by atoms with van der Waals surface area (Å²) in [4.78, 5) is 2.36. The first-order valence-corrected chi connectivity index (χ1v) is 20.7. The standard InChI is InChI=1S/C45H36NOPSi/c1-45(2)35-23-9-11-25-37(35)46(38-26-12-10-24-36(38)45)39-27-13-14-28-40(39)48(47)41-29-15-17-31-43(41)49(33-19-5-3-6-20-33,34-21-7-4-8-22-34)44-32-18-16-30-42(44)48/h3-32H,1-2H3. The highest BCUT2D eigenvalue weighted by Crippen LogP contribution is 2.54. The summed E-state index contributed by atoms with van der Waals surface area (Å²) in [7, 11) is -6.31. The van der Waals surface area contributed by atoms with Crippen LogP contribution in [0.4, 0.5) is 17.1 Å². The fraction of sp³-hybridized carbons (Fsp3) is 0.0667. The highest BCUT2D eigenvalue weighted by molar-refractivity contribution is 7.87. The highest BCUT2D eigenvalue weighted by Gasteiger charge is 2.53. The van der Waals surface area contributed by atoms with E-state index in [9.17, 15) is 0 Å². The smallest absolute Gasteiger partial charge is 0.181 e. The number of fused-ring (bicyclic) bond motifs is 4. The van der Waals surface area contributed by atoms with Gasteiger partial charge in [-0.1, -0.05) is 172 Å². The Kier molecular flexibility index (Phi) is 6.81. The predicted molar refractivity (Wildman–Crippen MR) is 210 cm³/mol. The third kappa shape index (κ3) is 4.10. The minimum absolute atomic E-state index is 0.191. The van der Waals surface area contributed by atoms with Crippen molar-refractivity contribution in [3.63, 3.8) is 0 Å². The van der Waals surface area contributed by atoms with E-state index in [2.05, 4.69) is 201 Å². The Hall–Kier alpha value is -5.21. The number of hydrogen-bond acceptors (Lipinski definition) is 2. The summed E-state index contributed by atoms with van der Waals surface area (Å²) in [6.07, 6.45) is 0. The summed E-state index contributed by atoms with van der Waals surface area (Å²) in [5.74, 6) is 0. The molecule has 2 aliphatic heterocycles. The maximum atomic E-state index is 16.8. The lowest BCUT2D eigenvalue weighted by molar-refractivity contribution is 0.592. The highest BCUT2D eigenvalue weighted by atomic mass is 31.2. The summed E-state index contributed by atoms with van der Waals surface area (Å²) in [5.41, 5.74) is 5.53. The number of benzene rings is 7. The van der Waals surface area contributed by atoms with Gasteiger partial charge in [0.25, 0.3) is 0 Å². The molecule has 2 heterocycles. The third-order valence-electron chi connectivity index (χ3n) is 10.8. The Morgan fingerprint density at radius 2 is 0.796 bits per heavy atom. The normalized spacial score (nSPS) is 16.1. The fourth-order valence-corrected chi connectivity index (χ4v) is 18.5. The van der Waals surface area contributed by atoms with Crippen LogP contribution in [0.2, 0.25) is 0 Å². The van der Waals surface area contributed by atoms with Gasteiger partial charge in [-0.05, 0) is 56.1 Å². The van der Waals surface area contributed by atoms with Gasteiger partial charge in [-0.3, -0.25) is 0 Å². The Morgan fingerprint density at radius 1 is 0.429 bits per heavy atom. The van der Waals surface area contributed by atoms with Crippen LogP contribution in [0.1, 0.15) is 25.0 Å². The molecule has 0 aromatic heterocycles. The minimum Gasteiger partial charge on any atom is -0.309 e. The van der Waals surface area contributed by atoms with E-state index in [4.69, 9.17) is 0 Å². The number of hydrogen-bond donors (Lipinski definition) is 0. The molecule has 0 saturated carbocycles. The molecular weight excluding hydrogens is 630 g/mol. The molecular formula is C45H36NOPSi. The quantitative estimate of drug-likeness (QED) is 0.147. The molecule has 0 spiro atoms. The lowest BCUT2D eigenvalue weighted by atomic mass is 9.73. The molecule has 0 radical (unpaired) electrons. The maximum Gasteiger partial charge on any atom is 0.181 e. The Labute approximate surface area is 289 Å². The molecule has 9 rings (SSSR count). The van der Waals surface area contributed by atoms with Crippen LogP contribution in [-0.2, 0) is 9.98 Å². The van der Waals surface area contributed by atoms with E-state index in [1.165, 1.54) is 31.9 Å². The van der Waals surface area contributed by atoms with Crippen molar-refractivity contribution in [3.8, 4) is 0 Å². The van der Waals surface area contributed by atoms with Gasteiger partial charge in [-0.25, -0.2) is 0 Å². The molecule has 2 nitrogen and oxygen atoms in total. The molecule has 236 valence electrons. The fourth-order valence-electron chi connectivity index (χ4n) is 8.68. The summed E-state index contributed by atoms with van der Waals surface area (Å²) in [5, 5.41) is 7.74. The van der Waals surface area contributed by atoms with Gasteiger partial charge in [0.1, 0.15) is 0 Å². The first kappa shape index (κ1) is 29.9. The van der Waals surface area contributed by atoms with E-state index < -0.39 is 15.2 Å². The number of nitrogens with zero attached hydrogens (tertiary/aromatic N) is 1. The van der Waals surface area contributed by atoms with E-state index in [1.54, 1.807) is 0 Å². The molecule has 0 amide bonds. The van der Waals surface area contributed by atoms with Crippen LogP contribution in [0.3, 0.4) is 0 Å². The zero-order chi connectivity index (χ0) is 33.2. The van der Waals surface area contributed by atoms with Crippen molar-refractivity contribution in [1.82, 2.24) is 0 Å². The Balaban J connectivity index is 1.39. The first-order valence-electron chi connectivity index (χ1n) is 17.0. The van der Waals surface area contributed by atoms with Gasteiger partial charge in [-0.15, -0.1) is 0 Å². The molecule has 0 fully saturated rings. The van der Waals surface area contributed by atoms with Crippen LogP contribution in [0, 0.1) is 0 Å². The second-order valence-corrected chi connectivity index (χ2v) is 20.0. The van der Waals surface area contributed by atoms with E-state index in [-0.39, 0.29) is 5.41 Å². The van der Waals surface area contributed by atoms with Crippen LogP contribution < -0.4 is 41.6 Å². The van der Waals surface area contributed by atoms with Crippen molar-refractivity contribution in [2.24, 2.45) is 0 Å². The molecule has 2 aliphatic rings. The Morgan fingerprint density at radius 3 is 1.29 bits per heavy atom. The molecule has 0 atom stereocenters. The molecule has 49 heavy (non-hydrogen) atoms. The van der Waals surface area contributed by atoms with Gasteiger partial charge >= 0.3 is 0 Å². The average molecular weight is 666 g/mol. The Bertz CT molecular complexity index is 2280. The monoisotopic (exact) mass is 665 g/mol. The van der Waals surface area contributed by atoms with Gasteiger partial charge in [-0.2, -0.15) is 0 Å². The van der Waals surface area contributed by atoms with Crippen LogP contribution in [-0.4, -0.2) is 8.07 Å². The van der Waals surface area contributed by atoms with Crippen LogP contribution >= 0.6 is 7.14 Å². The van der Waals surface area contributed by atoms with Gasteiger partial charge in [0.05, 0.1) is 17.1 Å². The summed E-state index contributed by atoms with van der Waals surface area (Å²) in [6, 6.07) is 65.0. The molecule has 7 aromatic rings. The number of rotatable bonds is 4. The first-order chi connectivity index (χ1) is 24.0. The summed E-state index contributed by atoms with van der Waals surface area (Å²) >= 11 is 0. The van der Waals surface area contributed by atoms with Gasteiger partial charge < -0.3 is 9.46 Å². The average Bonchev–Trinajstić information content (AvgIpc) is 3.16. The lowest BCUT2D eigenvalue weighted by Crippen LogP contribution is -2.81. The van der Waals surface area contributed by atoms with Crippen LogP contribution in [0.15, 0.2) is 182 Å². The molecule has 0 unspecified atom stereocenters. The summed E-state index contributed by atoms with van der Waals surface area (Å²) in [6.45, 7) is 4.61. The van der Waals surface area contributed by atoms with E-state index in [0.717, 1.165) is 33.0 Å². The molecule has 4 heteroatoms. The third-order valence-corrected chi connectivity index (χ3v) is 19.3. The maximum absolute atomic E-state index is 16.8. The minimum atomic E-state index is -3.43. The van der Waals surface area contributed by atoms with E-state index >= 15 is 4.57 Å². The molecule has 0 saturated heterocycles. The van der Waals surface area contributed by atoms with E-state index in [0.29, 0.717) is 0 Å². The number of anilines is 3. The second kappa shape index (κ2) is 11.2. The zero-order valence-corrected chi connectivity index (χ0v) is 29.5. The van der Waals surface area contributed by atoms with Gasteiger partial charge in [0, 0.05) is 21.3 Å². The SMILES string of the molecule is CC1(C)c2ccccc2N(c2ccccc2P2(=O)c3ccccc3[Si](c3ccccc3)(c3ccccc3)c3ccccc32)c2ccccc21. The van der Waals surface area contributed by atoms with Crippen molar-refractivity contribution >= 4 is 68.9 Å². The van der Waals surface area contributed by atoms with Gasteiger partial charge in [0.15, 0.2) is 15.2 Å².